The third-order valence-corrected chi connectivity index (χ3v) is 5.77. The predicted molar refractivity (Wildman–Crippen MR) is 116 cm³/mol. The summed E-state index contributed by atoms with van der Waals surface area (Å²) in [5.74, 6) is -0.229. The van der Waals surface area contributed by atoms with Gasteiger partial charge in [-0.25, -0.2) is 9.37 Å². The Kier molecular flexibility index (Phi) is 4.89. The van der Waals surface area contributed by atoms with E-state index in [1.165, 1.54) is 6.07 Å². The first-order chi connectivity index (χ1) is 14.7. The molecule has 3 heterocycles. The molecule has 2 aromatic carbocycles. The number of fused-ring (bicyclic) bond motifs is 3. The Hall–Kier alpha value is -3.31. The van der Waals surface area contributed by atoms with Crippen molar-refractivity contribution in [3.8, 4) is 0 Å². The zero-order valence-electron chi connectivity index (χ0n) is 16.6. The van der Waals surface area contributed by atoms with Crippen molar-refractivity contribution in [2.75, 3.05) is 6.54 Å². The van der Waals surface area contributed by atoms with Gasteiger partial charge in [0, 0.05) is 36.8 Å². The largest absolute Gasteiger partial charge is 0.294 e. The molecule has 0 atom stereocenters. The van der Waals surface area contributed by atoms with Crippen LogP contribution in [0.2, 0.25) is 0 Å². The smallest absolute Gasteiger partial charge is 0.257 e. The van der Waals surface area contributed by atoms with Crippen LogP contribution in [0.5, 0.6) is 0 Å². The number of halogens is 1. The minimum Gasteiger partial charge on any atom is -0.294 e. The molecule has 0 amide bonds. The molecule has 150 valence electrons. The maximum Gasteiger partial charge on any atom is 0.257 e. The predicted octanol–water partition coefficient (Wildman–Crippen LogP) is 4.14. The molecule has 0 saturated heterocycles. The van der Waals surface area contributed by atoms with Gasteiger partial charge in [-0.1, -0.05) is 42.5 Å². The van der Waals surface area contributed by atoms with Crippen molar-refractivity contribution in [1.82, 2.24) is 14.5 Å². The van der Waals surface area contributed by atoms with Gasteiger partial charge in [-0.3, -0.25) is 14.3 Å². The van der Waals surface area contributed by atoms with E-state index < -0.39 is 0 Å². The molecule has 0 N–H and O–H groups in total. The van der Waals surface area contributed by atoms with Crippen LogP contribution in [0, 0.1) is 5.82 Å². The summed E-state index contributed by atoms with van der Waals surface area (Å²) in [5.41, 5.74) is 4.68. The summed E-state index contributed by atoms with van der Waals surface area (Å²) in [4.78, 5) is 20.3. The molecule has 4 aromatic rings. The third kappa shape index (κ3) is 3.53. The molecule has 1 aliphatic heterocycles. The maximum absolute atomic E-state index is 13.6. The molecule has 4 nitrogen and oxygen atoms in total. The fourth-order valence-corrected chi connectivity index (χ4v) is 4.36. The lowest BCUT2D eigenvalue weighted by molar-refractivity contribution is 0.244. The van der Waals surface area contributed by atoms with Gasteiger partial charge >= 0.3 is 0 Å². The number of benzene rings is 2. The van der Waals surface area contributed by atoms with Gasteiger partial charge in [0.15, 0.2) is 0 Å². The van der Waals surface area contributed by atoms with Crippen molar-refractivity contribution >= 4 is 11.0 Å². The summed E-state index contributed by atoms with van der Waals surface area (Å²) >= 11 is 0. The van der Waals surface area contributed by atoms with Crippen molar-refractivity contribution in [3.05, 3.63) is 111 Å². The molecular formula is C25H22FN3O. The zero-order chi connectivity index (χ0) is 20.5. The summed E-state index contributed by atoms with van der Waals surface area (Å²) in [6, 6.07) is 20.6. The van der Waals surface area contributed by atoms with E-state index in [-0.39, 0.29) is 11.4 Å². The Morgan fingerprint density at radius 3 is 2.57 bits per heavy atom. The van der Waals surface area contributed by atoms with E-state index in [0.717, 1.165) is 46.3 Å². The van der Waals surface area contributed by atoms with Crippen LogP contribution in [-0.4, -0.2) is 21.0 Å². The van der Waals surface area contributed by atoms with Crippen LogP contribution in [0.1, 0.15) is 22.3 Å². The van der Waals surface area contributed by atoms with Crippen molar-refractivity contribution < 1.29 is 4.39 Å². The number of aromatic nitrogens is 2. The van der Waals surface area contributed by atoms with E-state index >= 15 is 0 Å². The van der Waals surface area contributed by atoms with Crippen LogP contribution < -0.4 is 5.56 Å². The van der Waals surface area contributed by atoms with Gasteiger partial charge in [-0.05, 0) is 47.4 Å². The number of rotatable bonds is 4. The highest BCUT2D eigenvalue weighted by atomic mass is 19.1. The standard InChI is InChI=1S/C25H22FN3O/c26-20-9-4-8-19(14-20)15-28-13-11-21-22-10-5-12-27-24(22)29(25(30)23(21)17-28)16-18-6-2-1-3-7-18/h1-10,12,14H,11,13,15-17H2. The molecule has 2 aromatic heterocycles. The van der Waals surface area contributed by atoms with Crippen molar-refractivity contribution in [1.29, 1.82) is 0 Å². The highest BCUT2D eigenvalue weighted by molar-refractivity contribution is 5.80. The van der Waals surface area contributed by atoms with Crippen molar-refractivity contribution in [2.24, 2.45) is 0 Å². The average Bonchev–Trinajstić information content (AvgIpc) is 2.77. The summed E-state index contributed by atoms with van der Waals surface area (Å²) in [5, 5.41) is 1.05. The number of hydrogen-bond acceptors (Lipinski definition) is 3. The van der Waals surface area contributed by atoms with Crippen LogP contribution in [-0.2, 0) is 26.1 Å². The Balaban J connectivity index is 1.55. The van der Waals surface area contributed by atoms with E-state index in [1.807, 2.05) is 42.5 Å². The monoisotopic (exact) mass is 399 g/mol. The van der Waals surface area contributed by atoms with Gasteiger partial charge in [0.2, 0.25) is 0 Å². The van der Waals surface area contributed by atoms with E-state index in [0.29, 0.717) is 19.6 Å². The van der Waals surface area contributed by atoms with E-state index in [1.54, 1.807) is 22.9 Å². The van der Waals surface area contributed by atoms with Crippen LogP contribution in [0.4, 0.5) is 4.39 Å². The Bertz CT molecular complexity index is 1270. The minimum absolute atomic E-state index is 0.0176. The normalized spacial score (nSPS) is 14.0. The van der Waals surface area contributed by atoms with E-state index in [4.69, 9.17) is 0 Å². The van der Waals surface area contributed by atoms with E-state index in [9.17, 15) is 9.18 Å². The van der Waals surface area contributed by atoms with Gasteiger partial charge in [0.1, 0.15) is 11.5 Å². The fourth-order valence-electron chi connectivity index (χ4n) is 4.36. The summed E-state index contributed by atoms with van der Waals surface area (Å²) in [6.45, 7) is 2.50. The van der Waals surface area contributed by atoms with Crippen molar-refractivity contribution in [2.45, 2.75) is 26.1 Å². The first kappa shape index (κ1) is 18.7. The van der Waals surface area contributed by atoms with Gasteiger partial charge < -0.3 is 0 Å². The van der Waals surface area contributed by atoms with E-state index in [2.05, 4.69) is 16.0 Å². The fraction of sp³-hybridized carbons (Fsp3) is 0.200. The highest BCUT2D eigenvalue weighted by Gasteiger charge is 2.24. The molecule has 5 heteroatoms. The molecule has 0 bridgehead atoms. The van der Waals surface area contributed by atoms with Crippen LogP contribution in [0.25, 0.3) is 11.0 Å². The Morgan fingerprint density at radius 2 is 1.73 bits per heavy atom. The second kappa shape index (κ2) is 7.84. The molecule has 1 aliphatic rings. The lowest BCUT2D eigenvalue weighted by Gasteiger charge is -2.30. The average molecular weight is 399 g/mol. The molecule has 0 fully saturated rings. The minimum atomic E-state index is -0.229. The van der Waals surface area contributed by atoms with Gasteiger partial charge in [0.25, 0.3) is 5.56 Å². The second-order valence-electron chi connectivity index (χ2n) is 7.80. The molecule has 0 saturated carbocycles. The van der Waals surface area contributed by atoms with Crippen LogP contribution >= 0.6 is 0 Å². The first-order valence-corrected chi connectivity index (χ1v) is 10.2. The Morgan fingerprint density at radius 1 is 0.900 bits per heavy atom. The highest BCUT2D eigenvalue weighted by Crippen LogP contribution is 2.25. The van der Waals surface area contributed by atoms with Gasteiger partial charge in [0.05, 0.1) is 6.54 Å². The molecular weight excluding hydrogens is 377 g/mol. The Labute approximate surface area is 174 Å². The number of nitrogens with zero attached hydrogens (tertiary/aromatic N) is 3. The summed E-state index contributed by atoms with van der Waals surface area (Å²) in [7, 11) is 0. The maximum atomic E-state index is 13.6. The van der Waals surface area contributed by atoms with Gasteiger partial charge in [-0.15, -0.1) is 0 Å². The van der Waals surface area contributed by atoms with Gasteiger partial charge in [-0.2, -0.15) is 0 Å². The van der Waals surface area contributed by atoms with Crippen LogP contribution in [0.15, 0.2) is 77.7 Å². The van der Waals surface area contributed by atoms with Crippen LogP contribution in [0.3, 0.4) is 0 Å². The topological polar surface area (TPSA) is 38.1 Å². The molecule has 0 radical (unpaired) electrons. The second-order valence-corrected chi connectivity index (χ2v) is 7.80. The summed E-state index contributed by atoms with van der Waals surface area (Å²) < 4.78 is 15.4. The lowest BCUT2D eigenvalue weighted by Crippen LogP contribution is -2.37. The zero-order valence-corrected chi connectivity index (χ0v) is 16.6. The molecule has 5 rings (SSSR count). The molecule has 0 unspecified atom stereocenters. The molecule has 30 heavy (non-hydrogen) atoms. The lowest BCUT2D eigenvalue weighted by atomic mass is 9.97. The number of hydrogen-bond donors (Lipinski definition) is 0. The first-order valence-electron chi connectivity index (χ1n) is 10.2. The summed E-state index contributed by atoms with van der Waals surface area (Å²) in [6.07, 6.45) is 2.53. The molecule has 0 aliphatic carbocycles. The van der Waals surface area contributed by atoms with Crippen molar-refractivity contribution in [3.63, 3.8) is 0 Å². The SMILES string of the molecule is O=c1c2c(c3cccnc3n1Cc1ccccc1)CCN(Cc1cccc(F)c1)C2. The quantitative estimate of drug-likeness (QED) is 0.518. The number of pyridine rings is 2. The molecule has 0 spiro atoms. The third-order valence-electron chi connectivity index (χ3n) is 5.77.